The number of hydrogen-bond donors (Lipinski definition) is 2. The van der Waals surface area contributed by atoms with Crippen LogP contribution < -0.4 is 14.4 Å². The van der Waals surface area contributed by atoms with Gasteiger partial charge in [0.05, 0.1) is 36.6 Å². The van der Waals surface area contributed by atoms with Crippen LogP contribution in [-0.2, 0) is 13.6 Å². The highest BCUT2D eigenvalue weighted by molar-refractivity contribution is 7.97. The molecule has 186 valence electrons. The number of carbonyl (C=O) groups is 1. The van der Waals surface area contributed by atoms with Crippen LogP contribution in [0, 0.1) is 5.82 Å². The van der Waals surface area contributed by atoms with E-state index in [1.807, 2.05) is 36.3 Å². The van der Waals surface area contributed by atoms with Gasteiger partial charge in [0.15, 0.2) is 0 Å². The Morgan fingerprint density at radius 3 is 2.78 bits per heavy atom. The number of rotatable bonds is 8. The summed E-state index contributed by atoms with van der Waals surface area (Å²) in [6.07, 6.45) is 5.05. The standard InChI is InChI=1S/C25H25FN6O3S/c1-30-13-16(11-28-30)14-31-23(33)21-10-20(36-29-25(34)8-9-25)6-7-22(21)32-18(12-27-24(31)32)15-35-19-4-2-17(26)3-5-19/h2-7,10-11,13,18,29,34H,8-9,12,14-15H2,1H3. The number of aromatic nitrogens is 2. The highest BCUT2D eigenvalue weighted by atomic mass is 32.2. The Labute approximate surface area is 211 Å². The van der Waals surface area contributed by atoms with Gasteiger partial charge in [0.25, 0.3) is 5.91 Å². The molecule has 2 N–H and O–H groups in total. The Morgan fingerprint density at radius 1 is 1.25 bits per heavy atom. The van der Waals surface area contributed by atoms with E-state index >= 15 is 0 Å². The van der Waals surface area contributed by atoms with Crippen molar-refractivity contribution in [2.24, 2.45) is 12.0 Å². The first kappa shape index (κ1) is 23.0. The van der Waals surface area contributed by atoms with Crippen LogP contribution >= 0.6 is 11.9 Å². The second-order valence-electron chi connectivity index (χ2n) is 9.26. The first-order valence-electron chi connectivity index (χ1n) is 11.7. The maximum Gasteiger partial charge on any atom is 0.263 e. The molecule has 2 aliphatic heterocycles. The molecule has 0 bridgehead atoms. The SMILES string of the molecule is Cn1cc(CN2C(=O)c3cc(SNC4(O)CC4)ccc3N3C2=NCC3COc2ccc(F)cc2)cn1. The normalized spacial score (nSPS) is 19.7. The Hall–Kier alpha value is -3.41. The van der Waals surface area contributed by atoms with Crippen molar-refractivity contribution in [2.75, 3.05) is 18.1 Å². The summed E-state index contributed by atoms with van der Waals surface area (Å²) in [6.45, 7) is 1.11. The minimum Gasteiger partial charge on any atom is -0.491 e. The smallest absolute Gasteiger partial charge is 0.263 e. The van der Waals surface area contributed by atoms with Crippen molar-refractivity contribution in [3.8, 4) is 5.75 Å². The minimum absolute atomic E-state index is 0.142. The number of aliphatic imine (C=N–C) groups is 1. The summed E-state index contributed by atoms with van der Waals surface area (Å²) < 4.78 is 24.0. The lowest BCUT2D eigenvalue weighted by atomic mass is 10.1. The summed E-state index contributed by atoms with van der Waals surface area (Å²) in [7, 11) is 1.84. The van der Waals surface area contributed by atoms with Gasteiger partial charge in [-0.25, -0.2) is 14.1 Å². The molecule has 3 aromatic rings. The van der Waals surface area contributed by atoms with Crippen LogP contribution in [0.15, 0.2) is 64.7 Å². The van der Waals surface area contributed by atoms with Crippen LogP contribution in [0.2, 0.25) is 0 Å². The van der Waals surface area contributed by atoms with Crippen molar-refractivity contribution in [3.63, 3.8) is 0 Å². The van der Waals surface area contributed by atoms with E-state index in [2.05, 4.69) is 9.82 Å². The highest BCUT2D eigenvalue weighted by Gasteiger charge is 2.43. The fourth-order valence-corrected chi connectivity index (χ4v) is 5.15. The molecule has 2 aromatic carbocycles. The van der Waals surface area contributed by atoms with E-state index in [0.29, 0.717) is 49.8 Å². The number of fused-ring (bicyclic) bond motifs is 3. The molecule has 1 amide bonds. The second kappa shape index (κ2) is 8.91. The summed E-state index contributed by atoms with van der Waals surface area (Å²) in [5.74, 6) is 0.688. The molecule has 3 heterocycles. The maximum absolute atomic E-state index is 13.7. The molecule has 0 radical (unpaired) electrons. The Morgan fingerprint density at radius 2 is 2.06 bits per heavy atom. The molecular formula is C25H25FN6O3S. The lowest BCUT2D eigenvalue weighted by Gasteiger charge is -2.38. The number of amides is 1. The van der Waals surface area contributed by atoms with Crippen LogP contribution in [0.1, 0.15) is 28.8 Å². The number of halogens is 1. The van der Waals surface area contributed by atoms with Gasteiger partial charge in [0.2, 0.25) is 5.96 Å². The van der Waals surface area contributed by atoms with Gasteiger partial charge in [-0.2, -0.15) is 5.10 Å². The molecule has 11 heteroatoms. The van der Waals surface area contributed by atoms with Gasteiger partial charge in [-0.15, -0.1) is 0 Å². The van der Waals surface area contributed by atoms with E-state index in [0.717, 1.165) is 16.1 Å². The number of benzene rings is 2. The van der Waals surface area contributed by atoms with Crippen LogP contribution in [0.4, 0.5) is 10.1 Å². The average Bonchev–Trinajstić information content (AvgIpc) is 3.25. The predicted octanol–water partition coefficient (Wildman–Crippen LogP) is 2.92. The van der Waals surface area contributed by atoms with E-state index in [4.69, 9.17) is 9.73 Å². The zero-order chi connectivity index (χ0) is 24.9. The molecule has 9 nitrogen and oxygen atoms in total. The van der Waals surface area contributed by atoms with E-state index in [-0.39, 0.29) is 17.8 Å². The minimum atomic E-state index is -0.825. The summed E-state index contributed by atoms with van der Waals surface area (Å²) in [4.78, 5) is 23.0. The van der Waals surface area contributed by atoms with Crippen molar-refractivity contribution in [1.29, 1.82) is 0 Å². The summed E-state index contributed by atoms with van der Waals surface area (Å²) in [6, 6.07) is 11.5. The molecule has 1 aromatic heterocycles. The van der Waals surface area contributed by atoms with Gasteiger partial charge in [0.1, 0.15) is 23.9 Å². The Kier molecular flexibility index (Phi) is 5.70. The molecule has 3 aliphatic rings. The molecule has 1 unspecified atom stereocenters. The highest BCUT2D eigenvalue weighted by Crippen LogP contribution is 2.39. The number of ether oxygens (including phenoxy) is 1. The van der Waals surface area contributed by atoms with Gasteiger partial charge in [-0.1, -0.05) is 0 Å². The second-order valence-corrected chi connectivity index (χ2v) is 10.1. The van der Waals surface area contributed by atoms with Crippen molar-refractivity contribution in [1.82, 2.24) is 19.4 Å². The fourth-order valence-electron chi connectivity index (χ4n) is 4.33. The van der Waals surface area contributed by atoms with Crippen molar-refractivity contribution >= 4 is 29.5 Å². The van der Waals surface area contributed by atoms with Gasteiger partial charge in [-0.05, 0) is 67.3 Å². The zero-order valence-corrected chi connectivity index (χ0v) is 20.4. The molecule has 1 aliphatic carbocycles. The molecule has 6 rings (SSSR count). The molecular weight excluding hydrogens is 483 g/mol. The Balaban J connectivity index is 1.29. The average molecular weight is 509 g/mol. The number of aryl methyl sites for hydroxylation is 1. The Bertz CT molecular complexity index is 1340. The van der Waals surface area contributed by atoms with E-state index in [1.54, 1.807) is 27.9 Å². The number of guanidine groups is 1. The van der Waals surface area contributed by atoms with Crippen LogP contribution in [0.5, 0.6) is 5.75 Å². The first-order valence-corrected chi connectivity index (χ1v) is 12.5. The van der Waals surface area contributed by atoms with Gasteiger partial charge >= 0.3 is 0 Å². The third-order valence-corrected chi connectivity index (χ3v) is 7.38. The molecule has 0 spiro atoms. The number of nitrogens with one attached hydrogen (secondary N) is 1. The predicted molar refractivity (Wildman–Crippen MR) is 133 cm³/mol. The monoisotopic (exact) mass is 508 g/mol. The number of hydrogen-bond acceptors (Lipinski definition) is 8. The van der Waals surface area contributed by atoms with Gasteiger partial charge in [0, 0.05) is 23.7 Å². The zero-order valence-electron chi connectivity index (χ0n) is 19.6. The molecule has 1 atom stereocenters. The van der Waals surface area contributed by atoms with Crippen molar-refractivity contribution < 1.29 is 19.0 Å². The third kappa shape index (κ3) is 4.45. The number of aliphatic hydroxyl groups is 1. The first-order chi connectivity index (χ1) is 17.4. The largest absolute Gasteiger partial charge is 0.491 e. The topological polar surface area (TPSA) is 95.2 Å². The summed E-state index contributed by atoms with van der Waals surface area (Å²) >= 11 is 1.32. The van der Waals surface area contributed by atoms with Crippen LogP contribution in [-0.4, -0.2) is 56.6 Å². The maximum atomic E-state index is 13.7. The molecule has 1 saturated carbocycles. The van der Waals surface area contributed by atoms with E-state index in [1.165, 1.54) is 24.1 Å². The van der Waals surface area contributed by atoms with Gasteiger partial charge in [-0.3, -0.25) is 14.4 Å². The summed E-state index contributed by atoms with van der Waals surface area (Å²) in [5, 5.41) is 14.4. The lowest BCUT2D eigenvalue weighted by Crippen LogP contribution is -2.53. The van der Waals surface area contributed by atoms with E-state index in [9.17, 15) is 14.3 Å². The van der Waals surface area contributed by atoms with Crippen molar-refractivity contribution in [2.45, 2.75) is 36.0 Å². The number of carbonyl (C=O) groups excluding carboxylic acids is 1. The molecule has 36 heavy (non-hydrogen) atoms. The summed E-state index contributed by atoms with van der Waals surface area (Å²) in [5.41, 5.74) is 1.39. The van der Waals surface area contributed by atoms with Gasteiger partial charge < -0.3 is 14.7 Å². The lowest BCUT2D eigenvalue weighted by molar-refractivity contribution is 0.0832. The fraction of sp³-hybridized carbons (Fsp3) is 0.320. The number of nitrogens with zero attached hydrogens (tertiary/aromatic N) is 5. The quantitative estimate of drug-likeness (QED) is 0.357. The van der Waals surface area contributed by atoms with Crippen LogP contribution in [0.3, 0.4) is 0 Å². The third-order valence-electron chi connectivity index (χ3n) is 6.41. The van der Waals surface area contributed by atoms with Crippen LogP contribution in [0.25, 0.3) is 0 Å². The molecule has 0 saturated heterocycles. The van der Waals surface area contributed by atoms with E-state index < -0.39 is 5.72 Å². The van der Waals surface area contributed by atoms with Crippen molar-refractivity contribution in [3.05, 3.63) is 71.8 Å². The number of anilines is 1. The molecule has 1 fully saturated rings.